The molecule has 23 heavy (non-hydrogen) atoms. The maximum atomic E-state index is 12.1. The van der Waals surface area contributed by atoms with Crippen LogP contribution in [0.2, 0.25) is 0 Å². The first-order chi connectivity index (χ1) is 11.1. The van der Waals surface area contributed by atoms with Crippen molar-refractivity contribution in [1.29, 1.82) is 5.26 Å². The third-order valence-corrected chi connectivity index (χ3v) is 3.80. The standard InChI is InChI=1S/C19H19NO3/c1-13-5-4-6-15(11-13)18(17(12-20)19(21)23-3)14-7-9-16(22-2)10-8-14/h4-11,17-18H,1-3H3/t17?,18-/m0/s1. The molecule has 2 atom stereocenters. The second-order valence-corrected chi connectivity index (χ2v) is 5.29. The van der Waals surface area contributed by atoms with Gasteiger partial charge in [-0.25, -0.2) is 0 Å². The molecule has 0 saturated carbocycles. The molecule has 2 aromatic carbocycles. The van der Waals surface area contributed by atoms with Gasteiger partial charge in [-0.15, -0.1) is 0 Å². The lowest BCUT2D eigenvalue weighted by atomic mass is 9.81. The summed E-state index contributed by atoms with van der Waals surface area (Å²) < 4.78 is 9.99. The number of esters is 1. The van der Waals surface area contributed by atoms with Gasteiger partial charge in [0, 0.05) is 5.92 Å². The summed E-state index contributed by atoms with van der Waals surface area (Å²) in [6.45, 7) is 1.98. The van der Waals surface area contributed by atoms with E-state index < -0.39 is 17.8 Å². The minimum absolute atomic E-state index is 0.391. The van der Waals surface area contributed by atoms with Gasteiger partial charge in [0.2, 0.25) is 0 Å². The number of benzene rings is 2. The predicted molar refractivity (Wildman–Crippen MR) is 87.1 cm³/mol. The van der Waals surface area contributed by atoms with Gasteiger partial charge in [-0.1, -0.05) is 42.0 Å². The molecule has 4 heteroatoms. The number of nitriles is 1. The number of hydrogen-bond acceptors (Lipinski definition) is 4. The molecule has 0 amide bonds. The topological polar surface area (TPSA) is 59.3 Å². The SMILES string of the molecule is COC(=O)C(C#N)[C@@H](c1ccc(OC)cc1)c1cccc(C)c1. The summed E-state index contributed by atoms with van der Waals surface area (Å²) in [6, 6.07) is 17.3. The van der Waals surface area contributed by atoms with Gasteiger partial charge in [-0.3, -0.25) is 4.79 Å². The van der Waals surface area contributed by atoms with E-state index in [-0.39, 0.29) is 0 Å². The number of rotatable bonds is 5. The Kier molecular flexibility index (Phi) is 5.37. The Hall–Kier alpha value is -2.80. The molecule has 0 radical (unpaired) electrons. The van der Waals surface area contributed by atoms with Crippen molar-refractivity contribution < 1.29 is 14.3 Å². The Bertz CT molecular complexity index is 716. The first-order valence-electron chi connectivity index (χ1n) is 7.28. The van der Waals surface area contributed by atoms with E-state index in [9.17, 15) is 10.1 Å². The number of hydrogen-bond donors (Lipinski definition) is 0. The summed E-state index contributed by atoms with van der Waals surface area (Å²) in [4.78, 5) is 12.1. The molecule has 2 aromatic rings. The van der Waals surface area contributed by atoms with Gasteiger partial charge in [0.25, 0.3) is 0 Å². The van der Waals surface area contributed by atoms with Crippen molar-refractivity contribution in [3.8, 4) is 11.8 Å². The van der Waals surface area contributed by atoms with Crippen LogP contribution in [0.15, 0.2) is 48.5 Å². The highest BCUT2D eigenvalue weighted by Gasteiger charge is 2.32. The first kappa shape index (κ1) is 16.6. The number of carbonyl (C=O) groups excluding carboxylic acids is 1. The largest absolute Gasteiger partial charge is 0.497 e. The Morgan fingerprint density at radius 2 is 1.78 bits per heavy atom. The quantitative estimate of drug-likeness (QED) is 0.794. The van der Waals surface area contributed by atoms with E-state index in [0.29, 0.717) is 0 Å². The van der Waals surface area contributed by atoms with Crippen LogP contribution in [0.3, 0.4) is 0 Å². The maximum Gasteiger partial charge on any atom is 0.324 e. The van der Waals surface area contributed by atoms with Crippen LogP contribution in [0.4, 0.5) is 0 Å². The van der Waals surface area contributed by atoms with Gasteiger partial charge in [-0.05, 0) is 30.2 Å². The van der Waals surface area contributed by atoms with E-state index in [0.717, 1.165) is 22.4 Å². The van der Waals surface area contributed by atoms with Crippen LogP contribution in [0.25, 0.3) is 0 Å². The van der Waals surface area contributed by atoms with E-state index in [4.69, 9.17) is 9.47 Å². The molecule has 0 fully saturated rings. The third kappa shape index (κ3) is 3.70. The molecule has 1 unspecified atom stereocenters. The van der Waals surface area contributed by atoms with Crippen molar-refractivity contribution in [2.45, 2.75) is 12.8 Å². The highest BCUT2D eigenvalue weighted by atomic mass is 16.5. The fraction of sp³-hybridized carbons (Fsp3) is 0.263. The molecule has 4 nitrogen and oxygen atoms in total. The van der Waals surface area contributed by atoms with E-state index in [2.05, 4.69) is 6.07 Å². The van der Waals surface area contributed by atoms with Crippen LogP contribution >= 0.6 is 0 Å². The van der Waals surface area contributed by atoms with Gasteiger partial charge >= 0.3 is 5.97 Å². The zero-order chi connectivity index (χ0) is 16.8. The van der Waals surface area contributed by atoms with Crippen LogP contribution in [0.5, 0.6) is 5.75 Å². The average molecular weight is 309 g/mol. The normalized spacial score (nSPS) is 12.8. The van der Waals surface area contributed by atoms with E-state index in [1.807, 2.05) is 55.5 Å². The number of nitrogens with zero attached hydrogens (tertiary/aromatic N) is 1. The molecular formula is C19H19NO3. The Morgan fingerprint density at radius 1 is 1.09 bits per heavy atom. The molecule has 0 saturated heterocycles. The molecule has 0 bridgehead atoms. The smallest absolute Gasteiger partial charge is 0.324 e. The highest BCUT2D eigenvalue weighted by Crippen LogP contribution is 2.34. The van der Waals surface area contributed by atoms with E-state index in [1.165, 1.54) is 7.11 Å². The zero-order valence-corrected chi connectivity index (χ0v) is 13.4. The number of methoxy groups -OCH3 is 2. The summed E-state index contributed by atoms with van der Waals surface area (Å²) in [6.07, 6.45) is 0. The summed E-state index contributed by atoms with van der Waals surface area (Å²) >= 11 is 0. The second kappa shape index (κ2) is 7.46. The number of aryl methyl sites for hydroxylation is 1. The van der Waals surface area contributed by atoms with Crippen molar-refractivity contribution in [2.24, 2.45) is 5.92 Å². The van der Waals surface area contributed by atoms with Crippen molar-refractivity contribution in [3.05, 3.63) is 65.2 Å². The third-order valence-electron chi connectivity index (χ3n) is 3.80. The second-order valence-electron chi connectivity index (χ2n) is 5.29. The van der Waals surface area contributed by atoms with Crippen LogP contribution < -0.4 is 4.74 Å². The fourth-order valence-corrected chi connectivity index (χ4v) is 2.64. The van der Waals surface area contributed by atoms with E-state index in [1.54, 1.807) is 7.11 Å². The predicted octanol–water partition coefficient (Wildman–Crippen LogP) is 3.45. The van der Waals surface area contributed by atoms with Gasteiger partial charge in [0.05, 0.1) is 20.3 Å². The lowest BCUT2D eigenvalue weighted by molar-refractivity contribution is -0.143. The molecule has 0 aliphatic heterocycles. The molecule has 0 heterocycles. The van der Waals surface area contributed by atoms with Crippen molar-refractivity contribution in [1.82, 2.24) is 0 Å². The Balaban J connectivity index is 2.54. The summed E-state index contributed by atoms with van der Waals surface area (Å²) in [7, 11) is 2.90. The average Bonchev–Trinajstić information content (AvgIpc) is 2.59. The van der Waals surface area contributed by atoms with Crippen LogP contribution in [-0.4, -0.2) is 20.2 Å². The molecule has 0 aliphatic carbocycles. The minimum atomic E-state index is -0.907. The number of ether oxygens (including phenoxy) is 2. The van der Waals surface area contributed by atoms with Crippen molar-refractivity contribution in [3.63, 3.8) is 0 Å². The van der Waals surface area contributed by atoms with Crippen LogP contribution in [0, 0.1) is 24.2 Å². The molecular weight excluding hydrogens is 290 g/mol. The van der Waals surface area contributed by atoms with E-state index >= 15 is 0 Å². The molecule has 0 N–H and O–H groups in total. The first-order valence-corrected chi connectivity index (χ1v) is 7.28. The maximum absolute atomic E-state index is 12.1. The Morgan fingerprint density at radius 3 is 2.30 bits per heavy atom. The van der Waals surface area contributed by atoms with Gasteiger partial charge in [0.1, 0.15) is 5.75 Å². The summed E-state index contributed by atoms with van der Waals surface area (Å²) in [5, 5.41) is 9.52. The lowest BCUT2D eigenvalue weighted by Crippen LogP contribution is -2.23. The van der Waals surface area contributed by atoms with Gasteiger partial charge in [-0.2, -0.15) is 5.26 Å². The zero-order valence-electron chi connectivity index (χ0n) is 13.4. The molecule has 0 spiro atoms. The van der Waals surface area contributed by atoms with Crippen LogP contribution in [0.1, 0.15) is 22.6 Å². The minimum Gasteiger partial charge on any atom is -0.497 e. The summed E-state index contributed by atoms with van der Waals surface area (Å²) in [5.41, 5.74) is 2.85. The molecule has 0 aromatic heterocycles. The number of carbonyl (C=O) groups is 1. The Labute approximate surface area is 136 Å². The molecule has 2 rings (SSSR count). The monoisotopic (exact) mass is 309 g/mol. The van der Waals surface area contributed by atoms with Crippen molar-refractivity contribution in [2.75, 3.05) is 14.2 Å². The highest BCUT2D eigenvalue weighted by molar-refractivity contribution is 5.77. The van der Waals surface area contributed by atoms with Crippen LogP contribution in [-0.2, 0) is 9.53 Å². The summed E-state index contributed by atoms with van der Waals surface area (Å²) in [5.74, 6) is -1.11. The van der Waals surface area contributed by atoms with Crippen molar-refractivity contribution >= 4 is 5.97 Å². The molecule has 118 valence electrons. The molecule has 0 aliphatic rings. The van der Waals surface area contributed by atoms with Gasteiger partial charge < -0.3 is 9.47 Å². The fourth-order valence-electron chi connectivity index (χ4n) is 2.64. The lowest BCUT2D eigenvalue weighted by Gasteiger charge is -2.22. The van der Waals surface area contributed by atoms with Gasteiger partial charge in [0.15, 0.2) is 5.92 Å².